The summed E-state index contributed by atoms with van der Waals surface area (Å²) in [7, 11) is 0. The SMILES string of the molecule is Clc1ccc2c3[nH]c(c2c1Cl)=Nc1[nH]c(c2c(Cl)c(Cl)c(Cl)c(Cl)c12)N=c1[nH]c(c2c(Cl)c(Cl)c(Cl)c(Cl)c12)=Nc1[nH]c(c2ccccc12)N=3. The highest BCUT2D eigenvalue weighted by Crippen LogP contribution is 2.50. The number of aromatic amines is 4. The standard InChI is InChI=1S/C32H10Cl10N8/c33-10-6-5-9-11(16(10)34)28-46-27(9)44-25-7-3-1-2-4-8(7)26(43-25)45-29-12-13(18(36)22(40)21(39)17(12)35)31(48-29)50-32-15-14(30(47-28)49-32)19(37)23(41)24(42)20(15)38/h1-6H,(H4,43,44,45,46,47,48,49,50). The van der Waals surface area contributed by atoms with Crippen molar-refractivity contribution in [3.63, 3.8) is 0 Å². The van der Waals surface area contributed by atoms with Crippen LogP contribution in [0.3, 0.4) is 0 Å². The maximum Gasteiger partial charge on any atom is 0.143 e. The summed E-state index contributed by atoms with van der Waals surface area (Å²) < 4.78 is 0. The van der Waals surface area contributed by atoms with E-state index in [1.807, 2.05) is 24.3 Å². The van der Waals surface area contributed by atoms with Crippen molar-refractivity contribution in [2.45, 2.75) is 0 Å². The van der Waals surface area contributed by atoms with Gasteiger partial charge < -0.3 is 19.9 Å². The Hall–Kier alpha value is -2.86. The molecule has 18 heteroatoms. The number of rotatable bonds is 0. The molecule has 0 unspecified atom stereocenters. The highest BCUT2D eigenvalue weighted by atomic mass is 35.5. The highest BCUT2D eigenvalue weighted by Gasteiger charge is 2.25. The molecule has 8 bridgehead atoms. The number of hydrogen-bond donors (Lipinski definition) is 4. The summed E-state index contributed by atoms with van der Waals surface area (Å²) in [4.78, 5) is 32.9. The van der Waals surface area contributed by atoms with Crippen LogP contribution in [-0.2, 0) is 0 Å². The Morgan fingerprint density at radius 1 is 0.320 bits per heavy atom. The molecule has 4 aromatic carbocycles. The van der Waals surface area contributed by atoms with Gasteiger partial charge >= 0.3 is 0 Å². The normalized spacial score (nSPS) is 12.8. The van der Waals surface area contributed by atoms with Crippen LogP contribution in [0.1, 0.15) is 0 Å². The first-order valence-corrected chi connectivity index (χ1v) is 17.9. The van der Waals surface area contributed by atoms with E-state index in [0.29, 0.717) is 60.0 Å². The van der Waals surface area contributed by atoms with E-state index in [-0.39, 0.29) is 67.8 Å². The first kappa shape index (κ1) is 33.0. The molecule has 9 rings (SSSR count). The molecule has 0 saturated carbocycles. The number of aromatic nitrogens is 4. The summed E-state index contributed by atoms with van der Waals surface area (Å²) in [6.45, 7) is 0. The fourth-order valence-electron chi connectivity index (χ4n) is 6.12. The van der Waals surface area contributed by atoms with E-state index in [1.165, 1.54) is 0 Å². The zero-order valence-electron chi connectivity index (χ0n) is 24.0. The maximum absolute atomic E-state index is 6.85. The predicted octanol–water partition coefficient (Wildman–Crippen LogP) is 12.3. The van der Waals surface area contributed by atoms with Gasteiger partial charge in [-0.15, -0.1) is 0 Å². The van der Waals surface area contributed by atoms with Crippen LogP contribution >= 0.6 is 116 Å². The van der Waals surface area contributed by atoms with Gasteiger partial charge in [-0.05, 0) is 12.1 Å². The maximum atomic E-state index is 6.85. The number of fused-ring (bicyclic) bond motifs is 20. The first-order chi connectivity index (χ1) is 23.9. The number of nitrogens with one attached hydrogen (secondary N) is 4. The smallest absolute Gasteiger partial charge is 0.143 e. The zero-order valence-corrected chi connectivity index (χ0v) is 31.6. The molecule has 0 radical (unpaired) electrons. The van der Waals surface area contributed by atoms with Crippen LogP contribution in [0.5, 0.6) is 0 Å². The van der Waals surface area contributed by atoms with Gasteiger partial charge in [0.1, 0.15) is 45.2 Å². The van der Waals surface area contributed by atoms with Crippen molar-refractivity contribution in [1.29, 1.82) is 0 Å². The van der Waals surface area contributed by atoms with Crippen molar-refractivity contribution >= 4 is 182 Å². The molecule has 248 valence electrons. The molecule has 0 aliphatic carbocycles. The average Bonchev–Trinajstić information content (AvgIpc) is 3.84. The van der Waals surface area contributed by atoms with Crippen molar-refractivity contribution in [2.75, 3.05) is 0 Å². The lowest BCUT2D eigenvalue weighted by molar-refractivity contribution is 1.08. The lowest BCUT2D eigenvalue weighted by atomic mass is 10.2. The predicted molar refractivity (Wildman–Crippen MR) is 207 cm³/mol. The third kappa shape index (κ3) is 4.68. The van der Waals surface area contributed by atoms with Gasteiger partial charge in [-0.3, -0.25) is 0 Å². The van der Waals surface area contributed by atoms with Crippen LogP contribution in [0.15, 0.2) is 56.4 Å². The molecule has 0 atom stereocenters. The Morgan fingerprint density at radius 3 is 1.24 bits per heavy atom. The molecule has 0 saturated heterocycles. The lowest BCUT2D eigenvalue weighted by Crippen LogP contribution is -2.10. The van der Waals surface area contributed by atoms with E-state index >= 15 is 0 Å². The first-order valence-electron chi connectivity index (χ1n) is 14.2. The molecular formula is C32H10Cl10N8. The molecule has 4 aromatic heterocycles. The number of H-pyrrole nitrogens is 4. The Labute approximate surface area is 328 Å². The minimum atomic E-state index is 0.0112. The van der Waals surface area contributed by atoms with Gasteiger partial charge in [-0.25, -0.2) is 20.0 Å². The Bertz CT molecular complexity index is 3120. The van der Waals surface area contributed by atoms with Gasteiger partial charge in [-0.1, -0.05) is 140 Å². The second kappa shape index (κ2) is 11.8. The Morgan fingerprint density at radius 2 is 0.720 bits per heavy atom. The Balaban J connectivity index is 1.57. The van der Waals surface area contributed by atoms with Crippen LogP contribution in [0.2, 0.25) is 50.2 Å². The van der Waals surface area contributed by atoms with Crippen LogP contribution in [-0.4, -0.2) is 19.9 Å². The summed E-state index contributed by atoms with van der Waals surface area (Å²) >= 11 is 66.9. The molecule has 0 spiro atoms. The minimum Gasteiger partial charge on any atom is -0.324 e. The summed E-state index contributed by atoms with van der Waals surface area (Å²) in [5.74, 6) is 1.33. The number of hydrogen-bond acceptors (Lipinski definition) is 4. The molecule has 5 heterocycles. The molecule has 0 amide bonds. The van der Waals surface area contributed by atoms with Crippen molar-refractivity contribution in [3.8, 4) is 0 Å². The third-order valence-electron chi connectivity index (χ3n) is 8.35. The molecular weight excluding hydrogens is 851 g/mol. The average molecular weight is 861 g/mol. The molecule has 8 aromatic rings. The van der Waals surface area contributed by atoms with Crippen LogP contribution in [0, 0.1) is 0 Å². The summed E-state index contributed by atoms with van der Waals surface area (Å²) in [6.07, 6.45) is 0. The molecule has 1 aliphatic heterocycles. The van der Waals surface area contributed by atoms with E-state index in [0.717, 1.165) is 10.8 Å². The van der Waals surface area contributed by atoms with E-state index in [2.05, 4.69) is 19.9 Å². The molecule has 4 N–H and O–H groups in total. The fourth-order valence-corrected chi connectivity index (χ4v) is 8.60. The summed E-state index contributed by atoms with van der Waals surface area (Å²) in [6, 6.07) is 11.1. The Kier molecular flexibility index (Phi) is 7.81. The second-order valence-corrected chi connectivity index (χ2v) is 14.9. The van der Waals surface area contributed by atoms with Crippen molar-refractivity contribution < 1.29 is 0 Å². The van der Waals surface area contributed by atoms with E-state index < -0.39 is 0 Å². The lowest BCUT2D eigenvalue weighted by Gasteiger charge is -2.06. The molecule has 8 nitrogen and oxygen atoms in total. The summed E-state index contributed by atoms with van der Waals surface area (Å²) in [5.41, 5.74) is 1.20. The monoisotopic (exact) mass is 856 g/mol. The molecule has 0 fully saturated rings. The number of halogens is 10. The minimum absolute atomic E-state index is 0.0112. The van der Waals surface area contributed by atoms with Gasteiger partial charge in [-0.2, -0.15) is 0 Å². The van der Waals surface area contributed by atoms with E-state index in [9.17, 15) is 0 Å². The van der Waals surface area contributed by atoms with Gasteiger partial charge in [0.05, 0.1) is 71.8 Å². The van der Waals surface area contributed by atoms with Crippen LogP contribution in [0.4, 0.5) is 23.3 Å². The number of benzene rings is 4. The summed E-state index contributed by atoms with van der Waals surface area (Å²) in [5, 5.41) is 4.98. The fraction of sp³-hybridized carbons (Fsp3) is 0. The van der Waals surface area contributed by atoms with E-state index in [1.54, 1.807) is 12.1 Å². The zero-order chi connectivity index (χ0) is 34.9. The topological polar surface area (TPSA) is 113 Å². The van der Waals surface area contributed by atoms with Gasteiger partial charge in [0.15, 0.2) is 0 Å². The second-order valence-electron chi connectivity index (χ2n) is 11.1. The van der Waals surface area contributed by atoms with Crippen molar-refractivity contribution in [1.82, 2.24) is 19.9 Å². The van der Waals surface area contributed by atoms with Gasteiger partial charge in [0, 0.05) is 21.5 Å². The highest BCUT2D eigenvalue weighted by molar-refractivity contribution is 6.57. The molecule has 50 heavy (non-hydrogen) atoms. The van der Waals surface area contributed by atoms with Crippen LogP contribution < -0.4 is 22.0 Å². The van der Waals surface area contributed by atoms with Crippen LogP contribution in [0.25, 0.3) is 43.1 Å². The van der Waals surface area contributed by atoms with Crippen molar-refractivity contribution in [2.24, 2.45) is 20.0 Å². The quantitative estimate of drug-likeness (QED) is 0.0860. The largest absolute Gasteiger partial charge is 0.324 e. The number of nitrogens with zero attached hydrogens (tertiary/aromatic N) is 4. The van der Waals surface area contributed by atoms with Gasteiger partial charge in [0.2, 0.25) is 0 Å². The van der Waals surface area contributed by atoms with E-state index in [4.69, 9.17) is 136 Å². The third-order valence-corrected chi connectivity index (χ3v) is 12.8. The molecule has 1 aliphatic rings. The van der Waals surface area contributed by atoms with Crippen molar-refractivity contribution in [3.05, 3.63) is 109 Å². The van der Waals surface area contributed by atoms with Gasteiger partial charge in [0.25, 0.3) is 0 Å².